The molecule has 0 bridgehead atoms. The molecule has 0 heterocycles. The molecule has 0 N–H and O–H groups in total. The number of hydrogen-bond donors (Lipinski definition) is 0. The second-order valence-corrected chi connectivity index (χ2v) is 0.447. The van der Waals surface area contributed by atoms with E-state index in [2.05, 4.69) is 0 Å². The van der Waals surface area contributed by atoms with E-state index in [0.717, 1.165) is 0 Å². The fourth-order valence-corrected chi connectivity index (χ4v) is 0. The zero-order chi connectivity index (χ0) is 7.15. The molecule has 0 aliphatic carbocycles. The SMILES string of the molecule is O=[N+]([O-])[O-].O=[N+]([O-])[O-].[H-].[H-].[Mg+2].[Zn+2]. The van der Waals surface area contributed by atoms with Crippen molar-refractivity contribution in [2.24, 2.45) is 0 Å². The van der Waals surface area contributed by atoms with Crippen molar-refractivity contribution in [1.29, 1.82) is 0 Å². The zero-order valence-electron chi connectivity index (χ0n) is 6.76. The molecule has 0 aromatic rings. The molecule has 0 rings (SSSR count). The van der Waals surface area contributed by atoms with Crippen molar-refractivity contribution < 1.29 is 32.5 Å². The van der Waals surface area contributed by atoms with Crippen LogP contribution in [0.2, 0.25) is 0 Å². The summed E-state index contributed by atoms with van der Waals surface area (Å²) in [7, 11) is 0. The van der Waals surface area contributed by atoms with E-state index < -0.39 is 10.2 Å². The van der Waals surface area contributed by atoms with Crippen LogP contribution in [0, 0.1) is 30.6 Å². The summed E-state index contributed by atoms with van der Waals surface area (Å²) < 4.78 is 0. The summed E-state index contributed by atoms with van der Waals surface area (Å²) in [5.74, 6) is 0. The summed E-state index contributed by atoms with van der Waals surface area (Å²) in [4.78, 5) is 16.5. The fourth-order valence-electron chi connectivity index (χ4n) is 0. The van der Waals surface area contributed by atoms with Crippen LogP contribution in [-0.2, 0) is 19.5 Å². The summed E-state index contributed by atoms with van der Waals surface area (Å²) in [6, 6.07) is 0. The minimum Gasteiger partial charge on any atom is -1.00 e. The third-order valence-electron chi connectivity index (χ3n) is 0. The molecule has 0 saturated carbocycles. The quantitative estimate of drug-likeness (QED) is 0.300. The van der Waals surface area contributed by atoms with Gasteiger partial charge in [-0.1, -0.05) is 0 Å². The van der Waals surface area contributed by atoms with Gasteiger partial charge in [0.1, 0.15) is 0 Å². The first-order chi connectivity index (χ1) is 3.46. The predicted molar refractivity (Wildman–Crippen MR) is 28.7 cm³/mol. The Balaban J connectivity index is -0.0000000112. The van der Waals surface area contributed by atoms with Crippen molar-refractivity contribution in [2.75, 3.05) is 0 Å². The smallest absolute Gasteiger partial charge is 1.00 e. The molecule has 0 amide bonds. The molecule has 0 saturated heterocycles. The van der Waals surface area contributed by atoms with Crippen LogP contribution in [0.5, 0.6) is 0 Å². The van der Waals surface area contributed by atoms with Gasteiger partial charge in [-0.25, -0.2) is 0 Å². The van der Waals surface area contributed by atoms with Crippen LogP contribution in [0.25, 0.3) is 0 Å². The van der Waals surface area contributed by atoms with Crippen molar-refractivity contribution in [3.63, 3.8) is 0 Å². The molecular formula is H2MgN2O6Zn. The molecule has 52 valence electrons. The van der Waals surface area contributed by atoms with Crippen molar-refractivity contribution in [3.8, 4) is 0 Å². The normalized spacial score (nSPS) is 4.80. The largest absolute Gasteiger partial charge is 2.00 e. The summed E-state index contributed by atoms with van der Waals surface area (Å²) in [5.41, 5.74) is 0. The molecular weight excluding hydrogens is 214 g/mol. The van der Waals surface area contributed by atoms with Gasteiger partial charge in [0.25, 0.3) is 0 Å². The maximum atomic E-state index is 8.25. The fraction of sp³-hybridized carbons (Fsp3) is 0. The van der Waals surface area contributed by atoms with Crippen LogP contribution in [-0.4, -0.2) is 33.2 Å². The van der Waals surface area contributed by atoms with Crippen molar-refractivity contribution in [1.82, 2.24) is 0 Å². The Bertz CT molecular complexity index is 81.5. The summed E-state index contributed by atoms with van der Waals surface area (Å²) in [5, 5.41) is 29.5. The average Bonchev–Trinajstić information content (AvgIpc) is 1.25. The van der Waals surface area contributed by atoms with Gasteiger partial charge in [-0.3, -0.25) is 0 Å². The van der Waals surface area contributed by atoms with Gasteiger partial charge in [0, 0.05) is 0 Å². The molecule has 10 heteroatoms. The van der Waals surface area contributed by atoms with E-state index in [1.165, 1.54) is 0 Å². The maximum Gasteiger partial charge on any atom is 2.00 e. The molecule has 10 heavy (non-hydrogen) atoms. The zero-order valence-corrected chi connectivity index (χ0v) is 9.14. The predicted octanol–water partition coefficient (Wildman–Crippen LogP) is -0.637. The van der Waals surface area contributed by atoms with Crippen molar-refractivity contribution >= 4 is 23.1 Å². The Labute approximate surface area is 86.3 Å². The third kappa shape index (κ3) is 8110. The van der Waals surface area contributed by atoms with E-state index in [1.807, 2.05) is 0 Å². The minimum atomic E-state index is -1.75. The third-order valence-corrected chi connectivity index (χ3v) is 0. The van der Waals surface area contributed by atoms with Gasteiger partial charge in [0.15, 0.2) is 0 Å². The molecule has 0 aliphatic rings. The first-order valence-electron chi connectivity index (χ1n) is 1.10. The van der Waals surface area contributed by atoms with Gasteiger partial charge in [0.05, 0.1) is 10.2 Å². The molecule has 8 nitrogen and oxygen atoms in total. The van der Waals surface area contributed by atoms with Crippen LogP contribution in [0.3, 0.4) is 0 Å². The van der Waals surface area contributed by atoms with Gasteiger partial charge in [-0.05, 0) is 0 Å². The molecule has 0 atom stereocenters. The van der Waals surface area contributed by atoms with E-state index in [1.54, 1.807) is 0 Å². The van der Waals surface area contributed by atoms with Crippen LogP contribution in [0.1, 0.15) is 2.85 Å². The van der Waals surface area contributed by atoms with E-state index in [-0.39, 0.29) is 45.4 Å². The summed E-state index contributed by atoms with van der Waals surface area (Å²) >= 11 is 0. The monoisotopic (exact) mass is 214 g/mol. The molecule has 0 radical (unpaired) electrons. The topological polar surface area (TPSA) is 132 Å². The van der Waals surface area contributed by atoms with Crippen LogP contribution in [0.15, 0.2) is 0 Å². The minimum absolute atomic E-state index is 0. The Hall–Kier alpha value is -0.210. The molecule has 0 unspecified atom stereocenters. The Morgan fingerprint density at radius 2 is 0.900 bits per heavy atom. The van der Waals surface area contributed by atoms with Crippen LogP contribution >= 0.6 is 0 Å². The molecule has 0 aliphatic heterocycles. The Morgan fingerprint density at radius 1 is 0.900 bits per heavy atom. The molecule has 0 spiro atoms. The summed E-state index contributed by atoms with van der Waals surface area (Å²) in [6.45, 7) is 0. The second-order valence-electron chi connectivity index (χ2n) is 0.447. The molecule has 0 fully saturated rings. The Kier molecular flexibility index (Phi) is 35.9. The first kappa shape index (κ1) is 22.6. The van der Waals surface area contributed by atoms with E-state index >= 15 is 0 Å². The first-order valence-corrected chi connectivity index (χ1v) is 1.10. The molecule has 0 aromatic carbocycles. The summed E-state index contributed by atoms with van der Waals surface area (Å²) in [6.07, 6.45) is 0. The molecule has 0 aromatic heterocycles. The van der Waals surface area contributed by atoms with Gasteiger partial charge in [-0.2, -0.15) is 0 Å². The van der Waals surface area contributed by atoms with Crippen molar-refractivity contribution in [2.45, 2.75) is 0 Å². The number of hydrogen-bond acceptors (Lipinski definition) is 6. The van der Waals surface area contributed by atoms with E-state index in [4.69, 9.17) is 30.6 Å². The standard InChI is InChI=1S/Mg.2NO3.Zn.2H/c;2*2-1(3)4;;;/q+2;2*-1;+2;2*-1. The number of rotatable bonds is 0. The second kappa shape index (κ2) is 15.9. The van der Waals surface area contributed by atoms with Crippen LogP contribution in [0.4, 0.5) is 0 Å². The van der Waals surface area contributed by atoms with Gasteiger partial charge >= 0.3 is 42.5 Å². The van der Waals surface area contributed by atoms with E-state index in [0.29, 0.717) is 0 Å². The Morgan fingerprint density at radius 3 is 0.900 bits per heavy atom. The van der Waals surface area contributed by atoms with Crippen molar-refractivity contribution in [3.05, 3.63) is 30.6 Å². The average molecular weight is 216 g/mol. The van der Waals surface area contributed by atoms with Gasteiger partial charge in [0.2, 0.25) is 0 Å². The van der Waals surface area contributed by atoms with Crippen LogP contribution < -0.4 is 0 Å². The van der Waals surface area contributed by atoms with E-state index in [9.17, 15) is 0 Å². The van der Waals surface area contributed by atoms with Gasteiger partial charge in [-0.15, -0.1) is 0 Å². The number of nitrogens with zero attached hydrogens (tertiary/aromatic N) is 2. The van der Waals surface area contributed by atoms with Gasteiger partial charge < -0.3 is 33.5 Å². The maximum absolute atomic E-state index is 8.25.